The highest BCUT2D eigenvalue weighted by Gasteiger charge is 2.24. The Morgan fingerprint density at radius 2 is 2.28 bits per heavy atom. The monoisotopic (exact) mass is 268 g/mol. The molecule has 0 spiro atoms. The smallest absolute Gasteiger partial charge is 0.223 e. The SMILES string of the molecule is COc1cc2c(cc1Cl)N(C(C)=O)CCCC2N. The summed E-state index contributed by atoms with van der Waals surface area (Å²) in [7, 11) is 1.57. The van der Waals surface area contributed by atoms with Gasteiger partial charge in [0.1, 0.15) is 5.75 Å². The number of anilines is 1. The molecule has 0 saturated carbocycles. The van der Waals surface area contributed by atoms with E-state index in [1.807, 2.05) is 6.07 Å². The number of rotatable bonds is 1. The molecule has 18 heavy (non-hydrogen) atoms. The van der Waals surface area contributed by atoms with Gasteiger partial charge < -0.3 is 15.4 Å². The molecule has 1 atom stereocenters. The summed E-state index contributed by atoms with van der Waals surface area (Å²) >= 11 is 6.13. The molecule has 1 aromatic rings. The molecule has 1 unspecified atom stereocenters. The molecule has 1 aromatic carbocycles. The number of methoxy groups -OCH3 is 1. The van der Waals surface area contributed by atoms with Gasteiger partial charge >= 0.3 is 0 Å². The molecule has 1 aliphatic rings. The van der Waals surface area contributed by atoms with Gasteiger partial charge in [0.15, 0.2) is 0 Å². The number of fused-ring (bicyclic) bond motifs is 1. The maximum atomic E-state index is 11.7. The lowest BCUT2D eigenvalue weighted by atomic mass is 10.0. The molecule has 0 saturated heterocycles. The molecule has 0 aromatic heterocycles. The molecular formula is C13H17ClN2O2. The van der Waals surface area contributed by atoms with Crippen LogP contribution in [0, 0.1) is 0 Å². The summed E-state index contributed by atoms with van der Waals surface area (Å²) in [6.07, 6.45) is 1.73. The topological polar surface area (TPSA) is 55.6 Å². The van der Waals surface area contributed by atoms with Gasteiger partial charge in [-0.15, -0.1) is 0 Å². The van der Waals surface area contributed by atoms with Gasteiger partial charge in [-0.3, -0.25) is 4.79 Å². The zero-order valence-electron chi connectivity index (χ0n) is 10.6. The van der Waals surface area contributed by atoms with E-state index in [1.165, 1.54) is 0 Å². The Morgan fingerprint density at radius 1 is 1.56 bits per heavy atom. The molecule has 1 aliphatic heterocycles. The van der Waals surface area contributed by atoms with E-state index in [1.54, 1.807) is 25.0 Å². The average molecular weight is 269 g/mol. The summed E-state index contributed by atoms with van der Waals surface area (Å²) in [5, 5.41) is 0.497. The van der Waals surface area contributed by atoms with E-state index in [0.717, 1.165) is 24.1 Å². The maximum Gasteiger partial charge on any atom is 0.223 e. The molecule has 5 heteroatoms. The van der Waals surface area contributed by atoms with Crippen LogP contribution < -0.4 is 15.4 Å². The molecule has 0 aliphatic carbocycles. The summed E-state index contributed by atoms with van der Waals surface area (Å²) in [4.78, 5) is 13.4. The lowest BCUT2D eigenvalue weighted by molar-refractivity contribution is -0.116. The molecule has 0 bridgehead atoms. The summed E-state index contributed by atoms with van der Waals surface area (Å²) in [5.74, 6) is 0.600. The van der Waals surface area contributed by atoms with Crippen LogP contribution in [0.2, 0.25) is 5.02 Å². The van der Waals surface area contributed by atoms with Gasteiger partial charge in [0.25, 0.3) is 0 Å². The molecule has 1 amide bonds. The molecule has 2 rings (SSSR count). The first-order chi connectivity index (χ1) is 8.54. The van der Waals surface area contributed by atoms with Crippen LogP contribution in [0.1, 0.15) is 31.4 Å². The van der Waals surface area contributed by atoms with Crippen molar-refractivity contribution in [1.29, 1.82) is 0 Å². The number of hydrogen-bond donors (Lipinski definition) is 1. The van der Waals surface area contributed by atoms with Crippen molar-refractivity contribution in [2.45, 2.75) is 25.8 Å². The minimum atomic E-state index is -0.0875. The second kappa shape index (κ2) is 5.16. The zero-order valence-corrected chi connectivity index (χ0v) is 11.3. The number of benzene rings is 1. The van der Waals surface area contributed by atoms with Crippen molar-refractivity contribution in [3.05, 3.63) is 22.7 Å². The summed E-state index contributed by atoms with van der Waals surface area (Å²) in [5.41, 5.74) is 7.87. The van der Waals surface area contributed by atoms with Crippen LogP contribution >= 0.6 is 11.6 Å². The number of hydrogen-bond acceptors (Lipinski definition) is 3. The molecular weight excluding hydrogens is 252 g/mol. The standard InChI is InChI=1S/C13H17ClN2O2/c1-8(17)16-5-3-4-11(15)9-6-13(18-2)10(14)7-12(9)16/h6-7,11H,3-5,15H2,1-2H3. The molecule has 0 radical (unpaired) electrons. The largest absolute Gasteiger partial charge is 0.495 e. The summed E-state index contributed by atoms with van der Waals surface area (Å²) in [6.45, 7) is 2.23. The predicted molar refractivity (Wildman–Crippen MR) is 72.2 cm³/mol. The van der Waals surface area contributed by atoms with E-state index in [4.69, 9.17) is 22.1 Å². The van der Waals surface area contributed by atoms with Crippen molar-refractivity contribution >= 4 is 23.2 Å². The van der Waals surface area contributed by atoms with E-state index in [2.05, 4.69) is 0 Å². The van der Waals surface area contributed by atoms with Gasteiger partial charge in [0, 0.05) is 19.5 Å². The highest BCUT2D eigenvalue weighted by atomic mass is 35.5. The molecule has 98 valence electrons. The predicted octanol–water partition coefficient (Wildman–Crippen LogP) is 2.50. The fraction of sp³-hybridized carbons (Fsp3) is 0.462. The van der Waals surface area contributed by atoms with E-state index >= 15 is 0 Å². The van der Waals surface area contributed by atoms with E-state index in [-0.39, 0.29) is 11.9 Å². The van der Waals surface area contributed by atoms with Crippen molar-refractivity contribution in [3.8, 4) is 5.75 Å². The first-order valence-electron chi connectivity index (χ1n) is 5.95. The van der Waals surface area contributed by atoms with Gasteiger partial charge in [-0.05, 0) is 30.5 Å². The Bertz CT molecular complexity index is 476. The van der Waals surface area contributed by atoms with Crippen LogP contribution in [-0.2, 0) is 4.79 Å². The number of nitrogens with two attached hydrogens (primary N) is 1. The quantitative estimate of drug-likeness (QED) is 0.851. The third-order valence-corrected chi connectivity index (χ3v) is 3.56. The van der Waals surface area contributed by atoms with Crippen molar-refractivity contribution < 1.29 is 9.53 Å². The normalized spacial score (nSPS) is 19.1. The van der Waals surface area contributed by atoms with Crippen LogP contribution in [0.4, 0.5) is 5.69 Å². The molecule has 0 fully saturated rings. The number of carbonyl (C=O) groups excluding carboxylic acids is 1. The Balaban J connectivity index is 2.57. The van der Waals surface area contributed by atoms with Crippen LogP contribution in [-0.4, -0.2) is 19.6 Å². The van der Waals surface area contributed by atoms with Gasteiger partial charge in [-0.1, -0.05) is 11.6 Å². The van der Waals surface area contributed by atoms with Crippen molar-refractivity contribution in [2.75, 3.05) is 18.6 Å². The number of carbonyl (C=O) groups is 1. The Hall–Kier alpha value is -1.26. The lowest BCUT2D eigenvalue weighted by Crippen LogP contribution is -2.29. The third kappa shape index (κ3) is 2.31. The second-order valence-corrected chi connectivity index (χ2v) is 4.87. The first kappa shape index (κ1) is 13.2. The van der Waals surface area contributed by atoms with Crippen molar-refractivity contribution in [1.82, 2.24) is 0 Å². The number of halogens is 1. The Labute approximate surface area is 112 Å². The highest BCUT2D eigenvalue weighted by Crippen LogP contribution is 2.38. The number of ether oxygens (including phenoxy) is 1. The number of amides is 1. The second-order valence-electron chi connectivity index (χ2n) is 4.46. The number of nitrogens with zero attached hydrogens (tertiary/aromatic N) is 1. The van der Waals surface area contributed by atoms with Gasteiger partial charge in [0.2, 0.25) is 5.91 Å². The van der Waals surface area contributed by atoms with Crippen LogP contribution in [0.15, 0.2) is 12.1 Å². The molecule has 2 N–H and O–H groups in total. The van der Waals surface area contributed by atoms with E-state index in [9.17, 15) is 4.79 Å². The Morgan fingerprint density at radius 3 is 2.89 bits per heavy atom. The fourth-order valence-electron chi connectivity index (χ4n) is 2.32. The summed E-state index contributed by atoms with van der Waals surface area (Å²) < 4.78 is 5.20. The Kier molecular flexibility index (Phi) is 3.78. The molecule has 4 nitrogen and oxygen atoms in total. The minimum Gasteiger partial charge on any atom is -0.495 e. The zero-order chi connectivity index (χ0) is 13.3. The van der Waals surface area contributed by atoms with Crippen LogP contribution in [0.3, 0.4) is 0 Å². The molecule has 1 heterocycles. The average Bonchev–Trinajstić information content (AvgIpc) is 2.48. The van der Waals surface area contributed by atoms with E-state index < -0.39 is 0 Å². The van der Waals surface area contributed by atoms with E-state index in [0.29, 0.717) is 17.3 Å². The third-order valence-electron chi connectivity index (χ3n) is 3.27. The van der Waals surface area contributed by atoms with Gasteiger partial charge in [0.05, 0.1) is 17.8 Å². The fourth-order valence-corrected chi connectivity index (χ4v) is 2.55. The summed E-state index contributed by atoms with van der Waals surface area (Å²) in [6, 6.07) is 3.52. The highest BCUT2D eigenvalue weighted by molar-refractivity contribution is 6.32. The van der Waals surface area contributed by atoms with Crippen molar-refractivity contribution in [2.24, 2.45) is 5.73 Å². The lowest BCUT2D eigenvalue weighted by Gasteiger charge is -2.23. The van der Waals surface area contributed by atoms with Gasteiger partial charge in [-0.25, -0.2) is 0 Å². The van der Waals surface area contributed by atoms with Gasteiger partial charge in [-0.2, -0.15) is 0 Å². The maximum absolute atomic E-state index is 11.7. The van der Waals surface area contributed by atoms with Crippen LogP contribution in [0.5, 0.6) is 5.75 Å². The first-order valence-corrected chi connectivity index (χ1v) is 6.33. The minimum absolute atomic E-state index is 0.00610. The van der Waals surface area contributed by atoms with Crippen LogP contribution in [0.25, 0.3) is 0 Å². The van der Waals surface area contributed by atoms with Crippen molar-refractivity contribution in [3.63, 3.8) is 0 Å².